The molecule has 0 unspecified atom stereocenters. The Bertz CT molecular complexity index is 363. The predicted octanol–water partition coefficient (Wildman–Crippen LogP) is 1.91. The topological polar surface area (TPSA) is 55.1 Å². The van der Waals surface area contributed by atoms with Crippen LogP contribution in [0.4, 0.5) is 0 Å². The lowest BCUT2D eigenvalue weighted by Crippen LogP contribution is -2.41. The highest BCUT2D eigenvalue weighted by Crippen LogP contribution is 2.16. The molecule has 0 bridgehead atoms. The fraction of sp³-hybridized carbons (Fsp3) is 0.462. The number of carbonyl (C=O) groups is 1. The molecule has 1 aromatic rings. The maximum absolute atomic E-state index is 11.6. The SMILES string of the molecule is CC[C@H](N)C(=O)N[C@@H](C)c1ccccc1C. The standard InChI is InChI=1S/C13H20N2O/c1-4-12(14)13(16)15-10(3)11-8-6-5-7-9(11)2/h5-8,10,12H,4,14H2,1-3H3,(H,15,16)/t10-,12-/m0/s1. The van der Waals surface area contributed by atoms with Crippen LogP contribution in [-0.4, -0.2) is 11.9 Å². The molecule has 16 heavy (non-hydrogen) atoms. The normalized spacial score (nSPS) is 14.2. The van der Waals surface area contributed by atoms with E-state index in [4.69, 9.17) is 5.73 Å². The summed E-state index contributed by atoms with van der Waals surface area (Å²) in [6, 6.07) is 7.63. The van der Waals surface area contributed by atoms with E-state index in [1.165, 1.54) is 5.56 Å². The van der Waals surface area contributed by atoms with Gasteiger partial charge in [0.2, 0.25) is 5.91 Å². The van der Waals surface area contributed by atoms with E-state index in [0.29, 0.717) is 6.42 Å². The van der Waals surface area contributed by atoms with Crippen molar-refractivity contribution in [2.75, 3.05) is 0 Å². The lowest BCUT2D eigenvalue weighted by Gasteiger charge is -2.18. The van der Waals surface area contributed by atoms with Crippen LogP contribution in [0.1, 0.15) is 37.4 Å². The molecule has 1 aromatic carbocycles. The van der Waals surface area contributed by atoms with Crippen molar-refractivity contribution in [1.29, 1.82) is 0 Å². The first-order valence-corrected chi connectivity index (χ1v) is 5.67. The second-order valence-electron chi connectivity index (χ2n) is 4.10. The van der Waals surface area contributed by atoms with Crippen molar-refractivity contribution in [2.24, 2.45) is 5.73 Å². The fourth-order valence-corrected chi connectivity index (χ4v) is 1.66. The molecule has 0 aromatic heterocycles. The zero-order valence-electron chi connectivity index (χ0n) is 10.2. The predicted molar refractivity (Wildman–Crippen MR) is 66.0 cm³/mol. The molecule has 3 heteroatoms. The largest absolute Gasteiger partial charge is 0.348 e. The summed E-state index contributed by atoms with van der Waals surface area (Å²) in [5.74, 6) is -0.0850. The zero-order chi connectivity index (χ0) is 12.1. The number of nitrogens with one attached hydrogen (secondary N) is 1. The summed E-state index contributed by atoms with van der Waals surface area (Å²) in [4.78, 5) is 11.6. The van der Waals surface area contributed by atoms with Gasteiger partial charge in [-0.1, -0.05) is 31.2 Å². The highest BCUT2D eigenvalue weighted by molar-refractivity contribution is 5.81. The van der Waals surface area contributed by atoms with Crippen molar-refractivity contribution in [2.45, 2.75) is 39.3 Å². The van der Waals surface area contributed by atoms with Crippen LogP contribution in [0.25, 0.3) is 0 Å². The maximum atomic E-state index is 11.6. The van der Waals surface area contributed by atoms with Crippen molar-refractivity contribution in [1.82, 2.24) is 5.32 Å². The Morgan fingerprint density at radius 2 is 2.06 bits per heavy atom. The highest BCUT2D eigenvalue weighted by atomic mass is 16.2. The van der Waals surface area contributed by atoms with Crippen LogP contribution in [0, 0.1) is 6.92 Å². The van der Waals surface area contributed by atoms with E-state index in [2.05, 4.69) is 5.32 Å². The first-order valence-electron chi connectivity index (χ1n) is 5.67. The lowest BCUT2D eigenvalue weighted by atomic mass is 10.0. The molecule has 0 heterocycles. The molecule has 1 rings (SSSR count). The zero-order valence-corrected chi connectivity index (χ0v) is 10.2. The minimum absolute atomic E-state index is 0.00583. The number of carbonyl (C=O) groups excluding carboxylic acids is 1. The molecule has 88 valence electrons. The van der Waals surface area contributed by atoms with Gasteiger partial charge in [0.25, 0.3) is 0 Å². The summed E-state index contributed by atoms with van der Waals surface area (Å²) in [5.41, 5.74) is 7.99. The second-order valence-corrected chi connectivity index (χ2v) is 4.10. The van der Waals surface area contributed by atoms with Gasteiger partial charge in [0, 0.05) is 0 Å². The number of hydrogen-bond donors (Lipinski definition) is 2. The van der Waals surface area contributed by atoms with E-state index in [9.17, 15) is 4.79 Å². The third-order valence-electron chi connectivity index (χ3n) is 2.79. The molecule has 0 saturated heterocycles. The van der Waals surface area contributed by atoms with Crippen molar-refractivity contribution in [3.8, 4) is 0 Å². The number of hydrogen-bond acceptors (Lipinski definition) is 2. The van der Waals surface area contributed by atoms with Gasteiger partial charge in [-0.05, 0) is 31.4 Å². The molecule has 3 N–H and O–H groups in total. The average Bonchev–Trinajstić information content (AvgIpc) is 2.28. The monoisotopic (exact) mass is 220 g/mol. The minimum atomic E-state index is -0.411. The minimum Gasteiger partial charge on any atom is -0.348 e. The number of benzene rings is 1. The van der Waals surface area contributed by atoms with Crippen molar-refractivity contribution >= 4 is 5.91 Å². The molecule has 0 aliphatic heterocycles. The summed E-state index contributed by atoms with van der Waals surface area (Å²) < 4.78 is 0. The van der Waals surface area contributed by atoms with Gasteiger partial charge in [0.05, 0.1) is 12.1 Å². The molecular formula is C13H20N2O. The third kappa shape index (κ3) is 3.07. The van der Waals surface area contributed by atoms with Gasteiger partial charge < -0.3 is 11.1 Å². The Morgan fingerprint density at radius 3 is 2.62 bits per heavy atom. The molecule has 3 nitrogen and oxygen atoms in total. The van der Waals surface area contributed by atoms with Crippen molar-refractivity contribution < 1.29 is 4.79 Å². The van der Waals surface area contributed by atoms with E-state index >= 15 is 0 Å². The van der Waals surface area contributed by atoms with E-state index in [1.54, 1.807) is 0 Å². The number of amides is 1. The lowest BCUT2D eigenvalue weighted by molar-refractivity contribution is -0.123. The van der Waals surface area contributed by atoms with Crippen LogP contribution in [0.2, 0.25) is 0 Å². The van der Waals surface area contributed by atoms with Gasteiger partial charge in [0.1, 0.15) is 0 Å². The summed E-state index contributed by atoms with van der Waals surface area (Å²) >= 11 is 0. The Morgan fingerprint density at radius 1 is 1.44 bits per heavy atom. The fourth-order valence-electron chi connectivity index (χ4n) is 1.66. The van der Waals surface area contributed by atoms with E-state index in [-0.39, 0.29) is 11.9 Å². The molecule has 0 aliphatic carbocycles. The smallest absolute Gasteiger partial charge is 0.237 e. The van der Waals surface area contributed by atoms with Crippen LogP contribution in [0.3, 0.4) is 0 Å². The van der Waals surface area contributed by atoms with E-state index < -0.39 is 6.04 Å². The van der Waals surface area contributed by atoms with Crippen LogP contribution >= 0.6 is 0 Å². The van der Waals surface area contributed by atoms with Crippen LogP contribution < -0.4 is 11.1 Å². The van der Waals surface area contributed by atoms with E-state index in [0.717, 1.165) is 5.56 Å². The molecule has 0 aliphatic rings. The molecule has 1 amide bonds. The average molecular weight is 220 g/mol. The van der Waals surface area contributed by atoms with E-state index in [1.807, 2.05) is 45.0 Å². The van der Waals surface area contributed by atoms with Crippen LogP contribution in [0.15, 0.2) is 24.3 Å². The number of aryl methyl sites for hydroxylation is 1. The Hall–Kier alpha value is -1.35. The molecule has 0 saturated carbocycles. The van der Waals surface area contributed by atoms with Gasteiger partial charge in [-0.2, -0.15) is 0 Å². The maximum Gasteiger partial charge on any atom is 0.237 e. The molecule has 2 atom stereocenters. The summed E-state index contributed by atoms with van der Waals surface area (Å²) in [7, 11) is 0. The molecular weight excluding hydrogens is 200 g/mol. The first-order chi connectivity index (χ1) is 7.56. The highest BCUT2D eigenvalue weighted by Gasteiger charge is 2.15. The van der Waals surface area contributed by atoms with Crippen molar-refractivity contribution in [3.63, 3.8) is 0 Å². The number of rotatable bonds is 4. The van der Waals surface area contributed by atoms with Gasteiger partial charge in [-0.25, -0.2) is 0 Å². The molecule has 0 radical (unpaired) electrons. The first kappa shape index (κ1) is 12.7. The number of nitrogens with two attached hydrogens (primary N) is 1. The Kier molecular flexibility index (Phi) is 4.50. The van der Waals surface area contributed by atoms with Crippen LogP contribution in [0.5, 0.6) is 0 Å². The molecule has 0 fully saturated rings. The van der Waals surface area contributed by atoms with Gasteiger partial charge >= 0.3 is 0 Å². The summed E-state index contributed by atoms with van der Waals surface area (Å²) in [5, 5.41) is 2.92. The van der Waals surface area contributed by atoms with Gasteiger partial charge in [-0.3, -0.25) is 4.79 Å². The Balaban J connectivity index is 2.69. The third-order valence-corrected chi connectivity index (χ3v) is 2.79. The van der Waals surface area contributed by atoms with Crippen LogP contribution in [-0.2, 0) is 4.79 Å². The van der Waals surface area contributed by atoms with Gasteiger partial charge in [0.15, 0.2) is 0 Å². The quantitative estimate of drug-likeness (QED) is 0.814. The second kappa shape index (κ2) is 5.66. The summed E-state index contributed by atoms with van der Waals surface area (Å²) in [6.07, 6.45) is 0.659. The van der Waals surface area contributed by atoms with Gasteiger partial charge in [-0.15, -0.1) is 0 Å². The molecule has 0 spiro atoms. The summed E-state index contributed by atoms with van der Waals surface area (Å²) in [6.45, 7) is 5.92. The Labute approximate surface area is 97.0 Å². The van der Waals surface area contributed by atoms with Crippen molar-refractivity contribution in [3.05, 3.63) is 35.4 Å².